The first kappa shape index (κ1) is 14.6. The smallest absolute Gasteiger partial charge is 0.307 e. The van der Waals surface area contributed by atoms with Crippen molar-refractivity contribution in [2.45, 2.75) is 13.3 Å². The maximum Gasteiger partial charge on any atom is 0.307 e. The maximum atomic E-state index is 12.2. The molecule has 0 aliphatic carbocycles. The lowest BCUT2D eigenvalue weighted by Gasteiger charge is -2.10. The van der Waals surface area contributed by atoms with Gasteiger partial charge in [0.05, 0.1) is 6.42 Å². The number of para-hydroxylation sites is 1. The van der Waals surface area contributed by atoms with Gasteiger partial charge in [-0.25, -0.2) is 0 Å². The molecular weight excluding hydrogens is 268 g/mol. The van der Waals surface area contributed by atoms with Crippen LogP contribution in [-0.2, 0) is 11.2 Å². The number of aryl methyl sites for hydroxylation is 1. The first-order chi connectivity index (χ1) is 9.97. The zero-order chi connectivity index (χ0) is 15.4. The molecule has 1 amide bonds. The molecule has 0 spiro atoms. The fourth-order valence-electron chi connectivity index (χ4n) is 1.97. The standard InChI is InChI=1S/C16H16N2O3/c1-10-8-12(6-7-13(10)17)16(21)18-14-5-3-2-4-11(14)9-15(19)20/h2-8H,9,17H2,1H3,(H,18,21)(H,19,20). The highest BCUT2D eigenvalue weighted by Crippen LogP contribution is 2.18. The van der Waals surface area contributed by atoms with Crippen molar-refractivity contribution in [1.82, 2.24) is 0 Å². The lowest BCUT2D eigenvalue weighted by molar-refractivity contribution is -0.136. The number of nitrogen functional groups attached to an aromatic ring is 1. The van der Waals surface area contributed by atoms with Crippen molar-refractivity contribution in [3.05, 3.63) is 59.2 Å². The summed E-state index contributed by atoms with van der Waals surface area (Å²) in [7, 11) is 0. The highest BCUT2D eigenvalue weighted by Gasteiger charge is 2.11. The summed E-state index contributed by atoms with van der Waals surface area (Å²) in [6.45, 7) is 1.82. The number of carbonyl (C=O) groups excluding carboxylic acids is 1. The van der Waals surface area contributed by atoms with E-state index in [4.69, 9.17) is 10.8 Å². The average Bonchev–Trinajstić information content (AvgIpc) is 2.43. The minimum absolute atomic E-state index is 0.142. The summed E-state index contributed by atoms with van der Waals surface area (Å²) < 4.78 is 0. The molecule has 108 valence electrons. The van der Waals surface area contributed by atoms with Crippen molar-refractivity contribution >= 4 is 23.3 Å². The number of aliphatic carboxylic acids is 1. The Labute approximate surface area is 122 Å². The van der Waals surface area contributed by atoms with Gasteiger partial charge < -0.3 is 16.2 Å². The van der Waals surface area contributed by atoms with Gasteiger partial charge in [0, 0.05) is 16.9 Å². The Kier molecular flexibility index (Phi) is 4.23. The fraction of sp³-hybridized carbons (Fsp3) is 0.125. The van der Waals surface area contributed by atoms with Crippen LogP contribution in [0.2, 0.25) is 0 Å². The molecule has 0 atom stereocenters. The van der Waals surface area contributed by atoms with Gasteiger partial charge in [-0.2, -0.15) is 0 Å². The van der Waals surface area contributed by atoms with E-state index in [1.54, 1.807) is 42.5 Å². The predicted octanol–water partition coefficient (Wildman–Crippen LogP) is 2.46. The molecule has 4 N–H and O–H groups in total. The van der Waals surface area contributed by atoms with Gasteiger partial charge in [0.1, 0.15) is 0 Å². The van der Waals surface area contributed by atoms with Crippen molar-refractivity contribution < 1.29 is 14.7 Å². The monoisotopic (exact) mass is 284 g/mol. The van der Waals surface area contributed by atoms with E-state index in [1.165, 1.54) is 0 Å². The second-order valence-electron chi connectivity index (χ2n) is 4.75. The fourth-order valence-corrected chi connectivity index (χ4v) is 1.97. The van der Waals surface area contributed by atoms with Gasteiger partial charge in [-0.3, -0.25) is 9.59 Å². The van der Waals surface area contributed by atoms with Gasteiger partial charge in [-0.1, -0.05) is 18.2 Å². The van der Waals surface area contributed by atoms with Crippen molar-refractivity contribution in [3.63, 3.8) is 0 Å². The van der Waals surface area contributed by atoms with Crippen LogP contribution in [0.3, 0.4) is 0 Å². The molecule has 21 heavy (non-hydrogen) atoms. The summed E-state index contributed by atoms with van der Waals surface area (Å²) in [5.74, 6) is -1.24. The molecule has 2 rings (SSSR count). The normalized spacial score (nSPS) is 10.1. The van der Waals surface area contributed by atoms with Gasteiger partial charge in [0.25, 0.3) is 5.91 Å². The number of carboxylic acid groups (broad SMARTS) is 1. The number of rotatable bonds is 4. The second kappa shape index (κ2) is 6.09. The van der Waals surface area contributed by atoms with Crippen molar-refractivity contribution in [2.75, 3.05) is 11.1 Å². The van der Waals surface area contributed by atoms with Crippen LogP contribution >= 0.6 is 0 Å². The molecule has 0 aromatic heterocycles. The molecular formula is C16H16N2O3. The van der Waals surface area contributed by atoms with Crippen LogP contribution in [0.15, 0.2) is 42.5 Å². The van der Waals surface area contributed by atoms with Crippen LogP contribution in [0.25, 0.3) is 0 Å². The predicted molar refractivity (Wildman–Crippen MR) is 81.3 cm³/mol. The first-order valence-electron chi connectivity index (χ1n) is 6.44. The molecule has 0 fully saturated rings. The minimum Gasteiger partial charge on any atom is -0.481 e. The van der Waals surface area contributed by atoms with Crippen LogP contribution in [0, 0.1) is 6.92 Å². The van der Waals surface area contributed by atoms with E-state index in [-0.39, 0.29) is 12.3 Å². The molecule has 0 unspecified atom stereocenters. The third-order valence-corrected chi connectivity index (χ3v) is 3.14. The van der Waals surface area contributed by atoms with Gasteiger partial charge in [-0.05, 0) is 42.3 Å². The lowest BCUT2D eigenvalue weighted by atomic mass is 10.1. The average molecular weight is 284 g/mol. The zero-order valence-corrected chi connectivity index (χ0v) is 11.6. The molecule has 0 radical (unpaired) electrons. The summed E-state index contributed by atoms with van der Waals surface area (Å²) in [6, 6.07) is 11.9. The van der Waals surface area contributed by atoms with Gasteiger partial charge in [-0.15, -0.1) is 0 Å². The van der Waals surface area contributed by atoms with Gasteiger partial charge in [0.15, 0.2) is 0 Å². The Morgan fingerprint density at radius 3 is 2.57 bits per heavy atom. The Balaban J connectivity index is 2.23. The zero-order valence-electron chi connectivity index (χ0n) is 11.6. The lowest BCUT2D eigenvalue weighted by Crippen LogP contribution is -2.14. The molecule has 0 saturated carbocycles. The number of nitrogens with two attached hydrogens (primary N) is 1. The van der Waals surface area contributed by atoms with E-state index in [1.807, 2.05) is 6.92 Å². The van der Waals surface area contributed by atoms with Crippen LogP contribution in [0.1, 0.15) is 21.5 Å². The summed E-state index contributed by atoms with van der Waals surface area (Å²) in [6.07, 6.45) is -0.142. The summed E-state index contributed by atoms with van der Waals surface area (Å²) in [5, 5.41) is 11.6. The van der Waals surface area contributed by atoms with E-state index >= 15 is 0 Å². The molecule has 2 aromatic rings. The maximum absolute atomic E-state index is 12.2. The van der Waals surface area contributed by atoms with Crippen LogP contribution in [-0.4, -0.2) is 17.0 Å². The highest BCUT2D eigenvalue weighted by molar-refractivity contribution is 6.05. The Hall–Kier alpha value is -2.82. The molecule has 5 nitrogen and oxygen atoms in total. The molecule has 0 saturated heterocycles. The Bertz CT molecular complexity index is 696. The SMILES string of the molecule is Cc1cc(C(=O)Nc2ccccc2CC(=O)O)ccc1N. The number of carboxylic acids is 1. The van der Waals surface area contributed by atoms with E-state index < -0.39 is 5.97 Å². The summed E-state index contributed by atoms with van der Waals surface area (Å²) >= 11 is 0. The van der Waals surface area contributed by atoms with E-state index in [9.17, 15) is 9.59 Å². The third kappa shape index (κ3) is 3.60. The van der Waals surface area contributed by atoms with Crippen LogP contribution in [0.4, 0.5) is 11.4 Å². The number of nitrogens with one attached hydrogen (secondary N) is 1. The first-order valence-corrected chi connectivity index (χ1v) is 6.44. The Morgan fingerprint density at radius 1 is 1.19 bits per heavy atom. The largest absolute Gasteiger partial charge is 0.481 e. The van der Waals surface area contributed by atoms with Crippen molar-refractivity contribution in [3.8, 4) is 0 Å². The number of anilines is 2. The topological polar surface area (TPSA) is 92.4 Å². The van der Waals surface area contributed by atoms with Crippen LogP contribution in [0.5, 0.6) is 0 Å². The molecule has 0 heterocycles. The number of benzene rings is 2. The van der Waals surface area contributed by atoms with Crippen molar-refractivity contribution in [1.29, 1.82) is 0 Å². The molecule has 0 aliphatic rings. The number of hydrogen-bond donors (Lipinski definition) is 3. The summed E-state index contributed by atoms with van der Waals surface area (Å²) in [4.78, 5) is 23.0. The Morgan fingerprint density at radius 2 is 1.90 bits per heavy atom. The van der Waals surface area contributed by atoms with Crippen LogP contribution < -0.4 is 11.1 Å². The number of hydrogen-bond acceptors (Lipinski definition) is 3. The van der Waals surface area contributed by atoms with Gasteiger partial charge >= 0.3 is 5.97 Å². The molecule has 5 heteroatoms. The number of carbonyl (C=O) groups is 2. The van der Waals surface area contributed by atoms with E-state index in [0.29, 0.717) is 22.5 Å². The molecule has 0 aliphatic heterocycles. The van der Waals surface area contributed by atoms with Crippen molar-refractivity contribution in [2.24, 2.45) is 0 Å². The third-order valence-electron chi connectivity index (χ3n) is 3.14. The quantitative estimate of drug-likeness (QED) is 0.752. The summed E-state index contributed by atoms with van der Waals surface area (Å²) in [5.41, 5.74) is 8.71. The number of amides is 1. The second-order valence-corrected chi connectivity index (χ2v) is 4.75. The van der Waals surface area contributed by atoms with Gasteiger partial charge in [0.2, 0.25) is 0 Å². The molecule has 2 aromatic carbocycles. The molecule has 0 bridgehead atoms. The minimum atomic E-state index is -0.944. The van der Waals surface area contributed by atoms with E-state index in [0.717, 1.165) is 5.56 Å². The van der Waals surface area contributed by atoms with E-state index in [2.05, 4.69) is 5.32 Å². The highest BCUT2D eigenvalue weighted by atomic mass is 16.4.